The Kier molecular flexibility index (Phi) is 6.69. The number of para-hydroxylation sites is 1. The van der Waals surface area contributed by atoms with Crippen LogP contribution in [-0.4, -0.2) is 34.7 Å². The highest BCUT2D eigenvalue weighted by molar-refractivity contribution is 7.99. The number of hydrogen-bond donors (Lipinski definition) is 0. The fourth-order valence-electron chi connectivity index (χ4n) is 3.21. The number of rotatable bonds is 8. The lowest BCUT2D eigenvalue weighted by molar-refractivity contribution is 0.355. The van der Waals surface area contributed by atoms with Gasteiger partial charge in [-0.1, -0.05) is 72.4 Å². The van der Waals surface area contributed by atoms with E-state index < -0.39 is 0 Å². The van der Waals surface area contributed by atoms with E-state index in [-0.39, 0.29) is 0 Å². The SMILES string of the molecule is COc1ccc(-c2nnc(SCC=Cc3ccccc3)n2-c2ccccc2)cc1OC. The van der Waals surface area contributed by atoms with E-state index in [1.807, 2.05) is 54.6 Å². The molecule has 4 aromatic rings. The maximum Gasteiger partial charge on any atom is 0.196 e. The van der Waals surface area contributed by atoms with Crippen LogP contribution >= 0.6 is 11.8 Å². The number of thioether (sulfide) groups is 1. The molecule has 4 rings (SSSR count). The van der Waals surface area contributed by atoms with Crippen LogP contribution in [0.25, 0.3) is 23.2 Å². The lowest BCUT2D eigenvalue weighted by Crippen LogP contribution is -2.00. The highest BCUT2D eigenvalue weighted by Gasteiger charge is 2.17. The van der Waals surface area contributed by atoms with Gasteiger partial charge in [0.15, 0.2) is 22.5 Å². The van der Waals surface area contributed by atoms with Crippen molar-refractivity contribution < 1.29 is 9.47 Å². The minimum Gasteiger partial charge on any atom is -0.493 e. The first-order chi connectivity index (χ1) is 15.3. The van der Waals surface area contributed by atoms with E-state index in [0.717, 1.165) is 28.0 Å². The Hall–Kier alpha value is -3.51. The molecule has 5 nitrogen and oxygen atoms in total. The van der Waals surface area contributed by atoms with E-state index >= 15 is 0 Å². The summed E-state index contributed by atoms with van der Waals surface area (Å²) in [7, 11) is 3.26. The van der Waals surface area contributed by atoms with Crippen molar-refractivity contribution in [1.82, 2.24) is 14.8 Å². The van der Waals surface area contributed by atoms with Crippen molar-refractivity contribution in [2.45, 2.75) is 5.16 Å². The van der Waals surface area contributed by atoms with Crippen LogP contribution in [0.3, 0.4) is 0 Å². The fraction of sp³-hybridized carbons (Fsp3) is 0.120. The maximum absolute atomic E-state index is 5.48. The van der Waals surface area contributed by atoms with Gasteiger partial charge in [0.2, 0.25) is 0 Å². The smallest absolute Gasteiger partial charge is 0.196 e. The molecule has 0 unspecified atom stereocenters. The van der Waals surface area contributed by atoms with Gasteiger partial charge >= 0.3 is 0 Å². The summed E-state index contributed by atoms with van der Waals surface area (Å²) in [6.45, 7) is 0. The summed E-state index contributed by atoms with van der Waals surface area (Å²) in [5.74, 6) is 2.87. The van der Waals surface area contributed by atoms with Crippen LogP contribution in [-0.2, 0) is 0 Å². The second kappa shape index (κ2) is 10.00. The molecule has 1 aromatic heterocycles. The largest absolute Gasteiger partial charge is 0.493 e. The minimum absolute atomic E-state index is 0.655. The molecule has 0 aliphatic carbocycles. The van der Waals surface area contributed by atoms with Gasteiger partial charge in [-0.15, -0.1) is 10.2 Å². The van der Waals surface area contributed by atoms with Crippen molar-refractivity contribution in [2.75, 3.05) is 20.0 Å². The number of benzene rings is 3. The van der Waals surface area contributed by atoms with E-state index in [0.29, 0.717) is 11.5 Å². The summed E-state index contributed by atoms with van der Waals surface area (Å²) in [4.78, 5) is 0. The molecule has 0 atom stereocenters. The Balaban J connectivity index is 1.66. The summed E-state index contributed by atoms with van der Waals surface area (Å²) < 4.78 is 12.9. The third kappa shape index (κ3) is 4.81. The fourth-order valence-corrected chi connectivity index (χ4v) is 3.97. The predicted molar refractivity (Wildman–Crippen MR) is 126 cm³/mol. The second-order valence-corrected chi connectivity index (χ2v) is 7.66. The monoisotopic (exact) mass is 429 g/mol. The van der Waals surface area contributed by atoms with E-state index in [1.165, 1.54) is 5.56 Å². The van der Waals surface area contributed by atoms with Crippen molar-refractivity contribution in [3.8, 4) is 28.6 Å². The van der Waals surface area contributed by atoms with Gasteiger partial charge < -0.3 is 9.47 Å². The molecular formula is C25H23N3O2S. The molecule has 0 amide bonds. The van der Waals surface area contributed by atoms with Crippen molar-refractivity contribution in [2.24, 2.45) is 0 Å². The summed E-state index contributed by atoms with van der Waals surface area (Å²) in [6, 6.07) is 26.2. The van der Waals surface area contributed by atoms with Crippen LogP contribution in [0.15, 0.2) is 90.1 Å². The first-order valence-electron chi connectivity index (χ1n) is 9.88. The zero-order valence-electron chi connectivity index (χ0n) is 17.4. The van der Waals surface area contributed by atoms with E-state index in [9.17, 15) is 0 Å². The number of ether oxygens (including phenoxy) is 2. The van der Waals surface area contributed by atoms with Crippen LogP contribution in [0.1, 0.15) is 5.56 Å². The number of hydrogen-bond acceptors (Lipinski definition) is 5. The Labute approximate surface area is 186 Å². The molecule has 0 aliphatic heterocycles. The highest BCUT2D eigenvalue weighted by Crippen LogP contribution is 2.34. The van der Waals surface area contributed by atoms with Gasteiger partial charge in [0.05, 0.1) is 14.2 Å². The zero-order valence-corrected chi connectivity index (χ0v) is 18.3. The highest BCUT2D eigenvalue weighted by atomic mass is 32.2. The normalized spacial score (nSPS) is 11.0. The summed E-state index contributed by atoms with van der Waals surface area (Å²) >= 11 is 1.64. The summed E-state index contributed by atoms with van der Waals surface area (Å²) in [6.07, 6.45) is 4.26. The van der Waals surface area contributed by atoms with Gasteiger partial charge in [-0.25, -0.2) is 0 Å². The molecular weight excluding hydrogens is 406 g/mol. The van der Waals surface area contributed by atoms with Crippen molar-refractivity contribution in [3.63, 3.8) is 0 Å². The lowest BCUT2D eigenvalue weighted by Gasteiger charge is -2.12. The Morgan fingerprint density at radius 3 is 2.26 bits per heavy atom. The molecule has 31 heavy (non-hydrogen) atoms. The first-order valence-corrected chi connectivity index (χ1v) is 10.9. The molecule has 0 saturated carbocycles. The average Bonchev–Trinajstić information content (AvgIpc) is 3.26. The molecule has 0 N–H and O–H groups in total. The topological polar surface area (TPSA) is 49.2 Å². The van der Waals surface area contributed by atoms with Gasteiger partial charge in [0.25, 0.3) is 0 Å². The lowest BCUT2D eigenvalue weighted by atomic mass is 10.2. The molecule has 3 aromatic carbocycles. The quantitative estimate of drug-likeness (QED) is 0.334. The Morgan fingerprint density at radius 1 is 0.839 bits per heavy atom. The maximum atomic E-state index is 5.48. The first kappa shape index (κ1) is 20.8. The Bertz CT molecular complexity index is 1160. The second-order valence-electron chi connectivity index (χ2n) is 6.67. The van der Waals surface area contributed by atoms with Crippen LogP contribution in [0.2, 0.25) is 0 Å². The molecule has 6 heteroatoms. The molecule has 0 saturated heterocycles. The van der Waals surface area contributed by atoms with Crippen molar-refractivity contribution in [1.29, 1.82) is 0 Å². The molecule has 0 aliphatic rings. The molecule has 0 radical (unpaired) electrons. The van der Waals surface area contributed by atoms with Gasteiger partial charge in [0, 0.05) is 17.0 Å². The van der Waals surface area contributed by atoms with E-state index in [4.69, 9.17) is 9.47 Å². The summed E-state index contributed by atoms with van der Waals surface area (Å²) in [5, 5.41) is 9.81. The Morgan fingerprint density at radius 2 is 1.55 bits per heavy atom. The van der Waals surface area contributed by atoms with Gasteiger partial charge in [-0.05, 0) is 35.9 Å². The third-order valence-corrected chi connectivity index (χ3v) is 5.59. The third-order valence-electron chi connectivity index (χ3n) is 4.71. The van der Waals surface area contributed by atoms with Gasteiger partial charge in [0.1, 0.15) is 0 Å². The average molecular weight is 430 g/mol. The summed E-state index contributed by atoms with van der Waals surface area (Å²) in [5.41, 5.74) is 3.09. The van der Waals surface area contributed by atoms with Crippen LogP contribution in [0.5, 0.6) is 11.5 Å². The van der Waals surface area contributed by atoms with E-state index in [1.54, 1.807) is 26.0 Å². The molecule has 156 valence electrons. The predicted octanol–water partition coefficient (Wildman–Crippen LogP) is 5.76. The van der Waals surface area contributed by atoms with Gasteiger partial charge in [-0.3, -0.25) is 4.57 Å². The molecule has 0 bridgehead atoms. The number of nitrogens with zero attached hydrogens (tertiary/aromatic N) is 3. The molecule has 0 spiro atoms. The van der Waals surface area contributed by atoms with Crippen molar-refractivity contribution >= 4 is 17.8 Å². The van der Waals surface area contributed by atoms with E-state index in [2.05, 4.69) is 51.2 Å². The number of aromatic nitrogens is 3. The standard InChI is InChI=1S/C25H23N3O2S/c1-29-22-16-15-20(18-23(22)30-2)24-26-27-25(28(24)21-13-7-4-8-14-21)31-17-9-12-19-10-5-3-6-11-19/h3-16,18H,17H2,1-2H3. The number of methoxy groups -OCH3 is 2. The van der Waals surface area contributed by atoms with Crippen LogP contribution in [0, 0.1) is 0 Å². The van der Waals surface area contributed by atoms with Crippen LogP contribution in [0.4, 0.5) is 0 Å². The minimum atomic E-state index is 0.655. The zero-order chi connectivity index (χ0) is 21.5. The molecule has 1 heterocycles. The van der Waals surface area contributed by atoms with Gasteiger partial charge in [-0.2, -0.15) is 0 Å². The van der Waals surface area contributed by atoms with Crippen LogP contribution < -0.4 is 9.47 Å². The van der Waals surface area contributed by atoms with Crippen molar-refractivity contribution in [3.05, 3.63) is 90.5 Å². The molecule has 0 fully saturated rings.